The van der Waals surface area contributed by atoms with E-state index in [1.165, 1.54) is 56.7 Å². The minimum absolute atomic E-state index is 0.122. The Hall–Kier alpha value is -3.66. The van der Waals surface area contributed by atoms with Gasteiger partial charge in [0.25, 0.3) is 10.0 Å². The first-order valence-corrected chi connectivity index (χ1v) is 12.2. The van der Waals surface area contributed by atoms with Crippen molar-refractivity contribution in [1.29, 1.82) is 0 Å². The monoisotopic (exact) mass is 504 g/mol. The zero-order chi connectivity index (χ0) is 25.4. The summed E-state index contributed by atoms with van der Waals surface area (Å²) in [4.78, 5) is 12.5. The van der Waals surface area contributed by atoms with E-state index in [-0.39, 0.29) is 22.1 Å². The number of halogens is 2. The lowest BCUT2D eigenvalue weighted by molar-refractivity contribution is -0.119. The highest BCUT2D eigenvalue weighted by molar-refractivity contribution is 7.92. The molecule has 0 heterocycles. The molecule has 3 aromatic carbocycles. The van der Waals surface area contributed by atoms with Gasteiger partial charge in [0.05, 0.1) is 24.8 Å². The SMILES string of the molecule is COc1ccc(S(=O)(=O)N(CC(=O)NCCCc2ccc(F)cc2)c2ccc(F)cc2)cc1OC. The normalized spacial score (nSPS) is 11.1. The van der Waals surface area contributed by atoms with Crippen molar-refractivity contribution >= 4 is 21.6 Å². The fourth-order valence-electron chi connectivity index (χ4n) is 3.38. The molecule has 0 aliphatic rings. The number of carbonyl (C=O) groups excluding carboxylic acids is 1. The van der Waals surface area contributed by atoms with Crippen LogP contribution < -0.4 is 19.1 Å². The van der Waals surface area contributed by atoms with Gasteiger partial charge in [-0.05, 0) is 66.9 Å². The number of carbonyl (C=O) groups is 1. The van der Waals surface area contributed by atoms with E-state index in [9.17, 15) is 22.0 Å². The van der Waals surface area contributed by atoms with Gasteiger partial charge < -0.3 is 14.8 Å². The molecule has 0 aliphatic heterocycles. The number of sulfonamides is 1. The molecule has 0 aliphatic carbocycles. The molecular weight excluding hydrogens is 478 g/mol. The van der Waals surface area contributed by atoms with Crippen molar-refractivity contribution in [3.05, 3.63) is 83.9 Å². The predicted molar refractivity (Wildman–Crippen MR) is 128 cm³/mol. The van der Waals surface area contributed by atoms with Gasteiger partial charge in [0.2, 0.25) is 5.91 Å². The van der Waals surface area contributed by atoms with Crippen molar-refractivity contribution < 1.29 is 31.5 Å². The van der Waals surface area contributed by atoms with Crippen LogP contribution in [0, 0.1) is 11.6 Å². The van der Waals surface area contributed by atoms with E-state index < -0.39 is 28.3 Å². The number of rotatable bonds is 11. The predicted octanol–water partition coefficient (Wildman–Crippen LogP) is 3.93. The number of aryl methyl sites for hydroxylation is 1. The van der Waals surface area contributed by atoms with E-state index in [1.807, 2.05) is 0 Å². The lowest BCUT2D eigenvalue weighted by Gasteiger charge is -2.24. The third-order valence-electron chi connectivity index (χ3n) is 5.22. The molecule has 0 saturated heterocycles. The zero-order valence-electron chi connectivity index (χ0n) is 19.3. The third kappa shape index (κ3) is 6.69. The molecule has 0 spiro atoms. The van der Waals surface area contributed by atoms with Crippen molar-refractivity contribution in [2.45, 2.75) is 17.7 Å². The molecule has 0 fully saturated rings. The standard InChI is InChI=1S/C25H26F2N2O5S/c1-33-23-14-13-22(16-24(23)34-2)35(31,32)29(21-11-9-20(27)10-12-21)17-25(30)28-15-3-4-18-5-7-19(26)8-6-18/h5-14,16H,3-4,15,17H2,1-2H3,(H,28,30). The number of ether oxygens (including phenoxy) is 2. The van der Waals surface area contributed by atoms with Gasteiger partial charge in [-0.25, -0.2) is 17.2 Å². The van der Waals surface area contributed by atoms with Crippen LogP contribution in [0.15, 0.2) is 71.6 Å². The van der Waals surface area contributed by atoms with E-state index in [0.717, 1.165) is 22.0 Å². The topological polar surface area (TPSA) is 84.9 Å². The van der Waals surface area contributed by atoms with Gasteiger partial charge in [0.1, 0.15) is 18.2 Å². The number of anilines is 1. The van der Waals surface area contributed by atoms with E-state index in [4.69, 9.17) is 9.47 Å². The van der Waals surface area contributed by atoms with Crippen LogP contribution in [0.5, 0.6) is 11.5 Å². The molecule has 10 heteroatoms. The van der Waals surface area contributed by atoms with Crippen molar-refractivity contribution in [1.82, 2.24) is 5.32 Å². The fourth-order valence-corrected chi connectivity index (χ4v) is 4.82. The summed E-state index contributed by atoms with van der Waals surface area (Å²) in [6, 6.07) is 15.0. The Morgan fingerprint density at radius 3 is 2.09 bits per heavy atom. The zero-order valence-corrected chi connectivity index (χ0v) is 20.1. The second kappa shape index (κ2) is 11.7. The Labute approximate surface area is 203 Å². The van der Waals surface area contributed by atoms with Gasteiger partial charge in [-0.2, -0.15) is 0 Å². The van der Waals surface area contributed by atoms with Gasteiger partial charge in [-0.15, -0.1) is 0 Å². The van der Waals surface area contributed by atoms with Crippen molar-refractivity contribution in [3.63, 3.8) is 0 Å². The van der Waals surface area contributed by atoms with Gasteiger partial charge in [0.15, 0.2) is 11.5 Å². The molecule has 1 amide bonds. The van der Waals surface area contributed by atoms with E-state index in [0.29, 0.717) is 25.1 Å². The average molecular weight is 505 g/mol. The second-order valence-corrected chi connectivity index (χ2v) is 9.45. The lowest BCUT2D eigenvalue weighted by Crippen LogP contribution is -2.41. The van der Waals surface area contributed by atoms with Crippen LogP contribution in [-0.2, 0) is 21.2 Å². The van der Waals surface area contributed by atoms with Gasteiger partial charge >= 0.3 is 0 Å². The summed E-state index contributed by atoms with van der Waals surface area (Å²) >= 11 is 0. The Balaban J connectivity index is 1.76. The fraction of sp³-hybridized carbons (Fsp3) is 0.240. The third-order valence-corrected chi connectivity index (χ3v) is 6.99. The van der Waals surface area contributed by atoms with Crippen LogP contribution in [0.2, 0.25) is 0 Å². The highest BCUT2D eigenvalue weighted by Crippen LogP contribution is 2.32. The van der Waals surface area contributed by atoms with Crippen LogP contribution in [0.3, 0.4) is 0 Å². The molecular formula is C25H26F2N2O5S. The highest BCUT2D eigenvalue weighted by atomic mass is 32.2. The summed E-state index contributed by atoms with van der Waals surface area (Å²) in [6.45, 7) is -0.220. The molecule has 0 saturated carbocycles. The van der Waals surface area contributed by atoms with Crippen molar-refractivity contribution in [2.75, 3.05) is 31.6 Å². The summed E-state index contributed by atoms with van der Waals surface area (Å²) in [5.74, 6) is -0.838. The van der Waals surface area contributed by atoms with Crippen molar-refractivity contribution in [3.8, 4) is 11.5 Å². The molecule has 0 atom stereocenters. The number of nitrogens with zero attached hydrogens (tertiary/aromatic N) is 1. The molecule has 0 bridgehead atoms. The number of amides is 1. The number of benzene rings is 3. The van der Waals surface area contributed by atoms with Gasteiger partial charge in [-0.1, -0.05) is 12.1 Å². The molecule has 3 rings (SSSR count). The second-order valence-electron chi connectivity index (χ2n) is 7.58. The van der Waals surface area contributed by atoms with Crippen LogP contribution in [0.25, 0.3) is 0 Å². The average Bonchev–Trinajstić information content (AvgIpc) is 2.86. The molecule has 35 heavy (non-hydrogen) atoms. The van der Waals surface area contributed by atoms with Gasteiger partial charge in [0, 0.05) is 12.6 Å². The first-order chi connectivity index (χ1) is 16.7. The summed E-state index contributed by atoms with van der Waals surface area (Å²) in [6.07, 6.45) is 1.20. The molecule has 1 N–H and O–H groups in total. The molecule has 0 radical (unpaired) electrons. The molecule has 7 nitrogen and oxygen atoms in total. The van der Waals surface area contributed by atoms with Crippen LogP contribution in [0.4, 0.5) is 14.5 Å². The molecule has 3 aromatic rings. The summed E-state index contributed by atoms with van der Waals surface area (Å²) in [5, 5.41) is 2.70. The van der Waals surface area contributed by atoms with Gasteiger partial charge in [-0.3, -0.25) is 9.10 Å². The van der Waals surface area contributed by atoms with Crippen LogP contribution in [0.1, 0.15) is 12.0 Å². The molecule has 186 valence electrons. The summed E-state index contributed by atoms with van der Waals surface area (Å²) in [7, 11) is -1.41. The first kappa shape index (κ1) is 26.0. The largest absolute Gasteiger partial charge is 0.493 e. The van der Waals surface area contributed by atoms with Crippen LogP contribution >= 0.6 is 0 Å². The quantitative estimate of drug-likeness (QED) is 0.400. The smallest absolute Gasteiger partial charge is 0.264 e. The maximum atomic E-state index is 13.5. The number of hydrogen-bond acceptors (Lipinski definition) is 5. The molecule has 0 unspecified atom stereocenters. The minimum atomic E-state index is -4.22. The maximum absolute atomic E-state index is 13.5. The van der Waals surface area contributed by atoms with E-state index >= 15 is 0 Å². The molecule has 0 aromatic heterocycles. The Kier molecular flexibility index (Phi) is 8.64. The summed E-state index contributed by atoms with van der Waals surface area (Å²) < 4.78 is 64.8. The Morgan fingerprint density at radius 2 is 1.49 bits per heavy atom. The number of methoxy groups -OCH3 is 2. The minimum Gasteiger partial charge on any atom is -0.493 e. The van der Waals surface area contributed by atoms with Crippen LogP contribution in [-0.4, -0.2) is 41.6 Å². The maximum Gasteiger partial charge on any atom is 0.264 e. The number of nitrogens with one attached hydrogen (secondary N) is 1. The number of hydrogen-bond donors (Lipinski definition) is 1. The Morgan fingerprint density at radius 1 is 0.886 bits per heavy atom. The summed E-state index contributed by atoms with van der Waals surface area (Å²) in [5.41, 5.74) is 1.05. The van der Waals surface area contributed by atoms with Crippen molar-refractivity contribution in [2.24, 2.45) is 0 Å². The first-order valence-electron chi connectivity index (χ1n) is 10.8. The van der Waals surface area contributed by atoms with E-state index in [2.05, 4.69) is 5.32 Å². The van der Waals surface area contributed by atoms with E-state index in [1.54, 1.807) is 12.1 Å². The Bertz CT molecular complexity index is 1250. The highest BCUT2D eigenvalue weighted by Gasteiger charge is 2.28. The lowest BCUT2D eigenvalue weighted by atomic mass is 10.1.